The van der Waals surface area contributed by atoms with Gasteiger partial charge < -0.3 is 11.1 Å². The summed E-state index contributed by atoms with van der Waals surface area (Å²) in [5.74, 6) is 0. The lowest BCUT2D eigenvalue weighted by molar-refractivity contribution is 0.306. The van der Waals surface area contributed by atoms with Crippen LogP contribution in [0.3, 0.4) is 0 Å². The zero-order valence-corrected chi connectivity index (χ0v) is 14.6. The molecule has 1 aromatic carbocycles. The van der Waals surface area contributed by atoms with Crippen LogP contribution in [0.5, 0.6) is 0 Å². The van der Waals surface area contributed by atoms with Crippen molar-refractivity contribution in [1.82, 2.24) is 10.3 Å². The van der Waals surface area contributed by atoms with E-state index in [1.165, 1.54) is 16.9 Å². The van der Waals surface area contributed by atoms with E-state index in [0.717, 1.165) is 29.3 Å². The predicted octanol–water partition coefficient (Wildman–Crippen LogP) is 4.61. The van der Waals surface area contributed by atoms with Gasteiger partial charge in [-0.05, 0) is 30.5 Å². The van der Waals surface area contributed by atoms with Crippen molar-refractivity contribution in [3.63, 3.8) is 0 Å². The topological polar surface area (TPSA) is 50.9 Å². The Morgan fingerprint density at radius 1 is 1.24 bits per heavy atom. The van der Waals surface area contributed by atoms with Gasteiger partial charge in [0.1, 0.15) is 0 Å². The molecule has 6 heteroatoms. The summed E-state index contributed by atoms with van der Waals surface area (Å²) in [6.45, 7) is 5.18. The smallest absolute Gasteiger partial charge is 0.180 e. The maximum absolute atomic E-state index is 5.98. The number of nitrogens with two attached hydrogens (primary N) is 1. The summed E-state index contributed by atoms with van der Waals surface area (Å²) in [7, 11) is 0. The Morgan fingerprint density at radius 3 is 2.33 bits per heavy atom. The van der Waals surface area contributed by atoms with E-state index in [0.29, 0.717) is 5.13 Å². The molecule has 0 unspecified atom stereocenters. The molecule has 0 fully saturated rings. The van der Waals surface area contributed by atoms with E-state index >= 15 is 0 Å². The summed E-state index contributed by atoms with van der Waals surface area (Å²) >= 11 is 7.51. The first-order chi connectivity index (χ1) is 9.59. The third-order valence-electron chi connectivity index (χ3n) is 3.78. The monoisotopic (exact) mass is 345 g/mol. The molecule has 0 amide bonds. The molecule has 3 nitrogen and oxygen atoms in total. The van der Waals surface area contributed by atoms with Gasteiger partial charge in [0.15, 0.2) is 5.13 Å². The van der Waals surface area contributed by atoms with Crippen LogP contribution in [-0.2, 0) is 12.1 Å². The molecule has 2 rings (SSSR count). The van der Waals surface area contributed by atoms with Gasteiger partial charge in [0, 0.05) is 28.2 Å². The first-order valence-electron chi connectivity index (χ1n) is 6.81. The maximum Gasteiger partial charge on any atom is 0.180 e. The molecule has 1 aromatic heterocycles. The van der Waals surface area contributed by atoms with Crippen molar-refractivity contribution in [2.75, 3.05) is 5.73 Å². The van der Waals surface area contributed by atoms with E-state index in [9.17, 15) is 0 Å². The Hall–Kier alpha value is -0.810. The number of hydrogen-bond donors (Lipinski definition) is 2. The highest BCUT2D eigenvalue weighted by molar-refractivity contribution is 7.15. The van der Waals surface area contributed by atoms with E-state index in [1.807, 2.05) is 18.3 Å². The third-order valence-corrected chi connectivity index (χ3v) is 4.85. The van der Waals surface area contributed by atoms with E-state index in [1.54, 1.807) is 0 Å². The lowest BCUT2D eigenvalue weighted by atomic mass is 9.84. The Bertz CT molecular complexity index is 550. The lowest BCUT2D eigenvalue weighted by Crippen LogP contribution is -2.40. The number of halogens is 2. The van der Waals surface area contributed by atoms with Gasteiger partial charge in [-0.25, -0.2) is 4.98 Å². The Morgan fingerprint density at radius 2 is 1.86 bits per heavy atom. The highest BCUT2D eigenvalue weighted by Gasteiger charge is 2.27. The fraction of sp³-hybridized carbons (Fsp3) is 0.400. The molecular formula is C15H21Cl2N3S. The van der Waals surface area contributed by atoms with Gasteiger partial charge in [0.2, 0.25) is 0 Å². The minimum atomic E-state index is -0.0384. The molecule has 0 aliphatic carbocycles. The van der Waals surface area contributed by atoms with Crippen LogP contribution < -0.4 is 11.1 Å². The van der Waals surface area contributed by atoms with Crippen LogP contribution in [0.25, 0.3) is 0 Å². The van der Waals surface area contributed by atoms with Crippen LogP contribution in [-0.4, -0.2) is 4.98 Å². The highest BCUT2D eigenvalue weighted by Crippen LogP contribution is 2.30. The number of hydrogen-bond acceptors (Lipinski definition) is 4. The van der Waals surface area contributed by atoms with Crippen molar-refractivity contribution in [3.8, 4) is 0 Å². The zero-order valence-electron chi connectivity index (χ0n) is 12.2. The van der Waals surface area contributed by atoms with Crippen LogP contribution in [0, 0.1) is 0 Å². The molecule has 3 N–H and O–H groups in total. The van der Waals surface area contributed by atoms with Gasteiger partial charge >= 0.3 is 0 Å². The third kappa shape index (κ3) is 4.33. The summed E-state index contributed by atoms with van der Waals surface area (Å²) in [6.07, 6.45) is 3.86. The fourth-order valence-corrected chi connectivity index (χ4v) is 3.19. The summed E-state index contributed by atoms with van der Waals surface area (Å²) in [5.41, 5.74) is 6.91. The quantitative estimate of drug-likeness (QED) is 0.803. The zero-order chi connectivity index (χ0) is 14.6. The van der Waals surface area contributed by atoms with Crippen molar-refractivity contribution in [2.45, 2.75) is 38.8 Å². The Balaban J connectivity index is 0.00000220. The SMILES string of the molecule is CCC(CC)(NCc1cnc(N)s1)c1ccc(Cl)cc1.Cl. The largest absolute Gasteiger partial charge is 0.375 e. The van der Waals surface area contributed by atoms with Crippen LogP contribution in [0.4, 0.5) is 5.13 Å². The minimum Gasteiger partial charge on any atom is -0.375 e. The standard InChI is InChI=1S/C15H20ClN3S.ClH/c1-3-15(4-2,11-5-7-12(16)8-6-11)19-10-13-9-18-14(17)20-13;/h5-9,19H,3-4,10H2,1-2H3,(H2,17,18);1H. The van der Waals surface area contributed by atoms with E-state index in [4.69, 9.17) is 17.3 Å². The fourth-order valence-electron chi connectivity index (χ4n) is 2.44. The van der Waals surface area contributed by atoms with Gasteiger partial charge in [0.25, 0.3) is 0 Å². The second-order valence-corrected chi connectivity index (χ2v) is 6.40. The maximum atomic E-state index is 5.98. The van der Waals surface area contributed by atoms with Crippen LogP contribution in [0.15, 0.2) is 30.5 Å². The number of rotatable bonds is 6. The van der Waals surface area contributed by atoms with Gasteiger partial charge in [-0.15, -0.1) is 23.7 Å². The highest BCUT2D eigenvalue weighted by atomic mass is 35.5. The van der Waals surface area contributed by atoms with Crippen LogP contribution in [0.1, 0.15) is 37.1 Å². The van der Waals surface area contributed by atoms with E-state index in [2.05, 4.69) is 36.3 Å². The number of aromatic nitrogens is 1. The number of anilines is 1. The molecule has 0 atom stereocenters. The van der Waals surface area contributed by atoms with Gasteiger partial charge in [-0.3, -0.25) is 0 Å². The first-order valence-corrected chi connectivity index (χ1v) is 8.00. The molecule has 0 aliphatic heterocycles. The Labute approximate surface area is 141 Å². The van der Waals surface area contributed by atoms with E-state index in [-0.39, 0.29) is 17.9 Å². The van der Waals surface area contributed by atoms with Crippen molar-refractivity contribution in [1.29, 1.82) is 0 Å². The molecule has 0 saturated heterocycles. The van der Waals surface area contributed by atoms with Crippen molar-refractivity contribution in [3.05, 3.63) is 45.9 Å². The molecule has 21 heavy (non-hydrogen) atoms. The molecule has 0 aliphatic rings. The molecule has 0 spiro atoms. The molecular weight excluding hydrogens is 325 g/mol. The molecule has 0 radical (unpaired) electrons. The summed E-state index contributed by atoms with van der Waals surface area (Å²) < 4.78 is 0. The number of benzene rings is 1. The lowest BCUT2D eigenvalue weighted by Gasteiger charge is -2.33. The van der Waals surface area contributed by atoms with E-state index < -0.39 is 0 Å². The summed E-state index contributed by atoms with van der Waals surface area (Å²) in [4.78, 5) is 5.25. The second-order valence-electron chi connectivity index (χ2n) is 4.81. The van der Waals surface area contributed by atoms with Crippen LogP contribution >= 0.6 is 35.3 Å². The number of nitrogens with one attached hydrogen (secondary N) is 1. The summed E-state index contributed by atoms with van der Waals surface area (Å²) in [5, 5.41) is 5.06. The molecule has 116 valence electrons. The number of nitrogen functional groups attached to an aromatic ring is 1. The first kappa shape index (κ1) is 18.2. The minimum absolute atomic E-state index is 0. The van der Waals surface area contributed by atoms with Gasteiger partial charge in [-0.2, -0.15) is 0 Å². The number of nitrogens with zero attached hydrogens (tertiary/aromatic N) is 1. The molecule has 0 saturated carbocycles. The average molecular weight is 346 g/mol. The predicted molar refractivity (Wildman–Crippen MR) is 94.3 cm³/mol. The summed E-state index contributed by atoms with van der Waals surface area (Å²) in [6, 6.07) is 8.10. The molecule has 2 aromatic rings. The normalized spacial score (nSPS) is 11.2. The van der Waals surface area contributed by atoms with Gasteiger partial charge in [-0.1, -0.05) is 37.6 Å². The molecule has 1 heterocycles. The van der Waals surface area contributed by atoms with Crippen molar-refractivity contribution in [2.24, 2.45) is 0 Å². The van der Waals surface area contributed by atoms with Crippen molar-refractivity contribution < 1.29 is 0 Å². The number of thiazole rings is 1. The second kappa shape index (κ2) is 7.99. The van der Waals surface area contributed by atoms with Crippen LogP contribution in [0.2, 0.25) is 5.02 Å². The average Bonchev–Trinajstić information content (AvgIpc) is 2.88. The molecule has 0 bridgehead atoms. The van der Waals surface area contributed by atoms with Crippen molar-refractivity contribution >= 4 is 40.5 Å². The Kier molecular flexibility index (Phi) is 6.94. The van der Waals surface area contributed by atoms with Gasteiger partial charge in [0.05, 0.1) is 0 Å².